The van der Waals surface area contributed by atoms with Crippen LogP contribution in [0.1, 0.15) is 5.56 Å². The molecule has 2 nitrogen and oxygen atoms in total. The first-order valence-corrected chi connectivity index (χ1v) is 5.76. The molecule has 1 aromatic carbocycles. The second kappa shape index (κ2) is 3.46. The lowest BCUT2D eigenvalue weighted by molar-refractivity contribution is -0.127. The zero-order valence-corrected chi connectivity index (χ0v) is 9.35. The van der Waals surface area contributed by atoms with E-state index in [2.05, 4.69) is 4.98 Å². The molecule has 88 valence electrons. The van der Waals surface area contributed by atoms with Crippen LogP contribution in [0, 0.1) is 0 Å². The highest BCUT2D eigenvalue weighted by atomic mass is 32.1. The number of imidazole rings is 1. The second-order valence-corrected chi connectivity index (χ2v) is 4.79. The van der Waals surface area contributed by atoms with Gasteiger partial charge in [-0.25, -0.2) is 4.98 Å². The number of nitrogens with zero attached hydrogens (tertiary/aromatic N) is 2. The van der Waals surface area contributed by atoms with Gasteiger partial charge in [0.05, 0.1) is 16.6 Å². The van der Waals surface area contributed by atoms with Gasteiger partial charge in [-0.1, -0.05) is 17.4 Å². The number of halogens is 3. The maximum Gasteiger partial charge on any atom is 0.393 e. The second-order valence-electron chi connectivity index (χ2n) is 3.78. The number of alkyl halides is 3. The Morgan fingerprint density at radius 2 is 2.12 bits per heavy atom. The molecule has 0 aliphatic rings. The van der Waals surface area contributed by atoms with E-state index in [1.54, 1.807) is 24.5 Å². The third-order valence-corrected chi connectivity index (χ3v) is 3.53. The quantitative estimate of drug-likeness (QED) is 0.649. The molecule has 0 aliphatic carbocycles. The SMILES string of the molecule is FC(F)(F)Cc1ccc2c(c1)sc1nccn12. The minimum Gasteiger partial charge on any atom is -0.290 e. The molecule has 0 bridgehead atoms. The summed E-state index contributed by atoms with van der Waals surface area (Å²) < 4.78 is 39.5. The van der Waals surface area contributed by atoms with Gasteiger partial charge in [-0.15, -0.1) is 0 Å². The Hall–Kier alpha value is -1.56. The van der Waals surface area contributed by atoms with Crippen molar-refractivity contribution in [2.24, 2.45) is 0 Å². The van der Waals surface area contributed by atoms with E-state index in [1.165, 1.54) is 17.4 Å². The minimum absolute atomic E-state index is 0.287. The van der Waals surface area contributed by atoms with E-state index < -0.39 is 12.6 Å². The number of rotatable bonds is 1. The lowest BCUT2D eigenvalue weighted by Gasteiger charge is -2.05. The summed E-state index contributed by atoms with van der Waals surface area (Å²) >= 11 is 1.39. The average Bonchev–Trinajstić information content (AvgIpc) is 2.73. The topological polar surface area (TPSA) is 17.3 Å². The lowest BCUT2D eigenvalue weighted by atomic mass is 10.1. The van der Waals surface area contributed by atoms with Gasteiger partial charge in [0.15, 0.2) is 4.96 Å². The summed E-state index contributed by atoms with van der Waals surface area (Å²) in [4.78, 5) is 4.91. The summed E-state index contributed by atoms with van der Waals surface area (Å²) in [6, 6.07) is 4.81. The molecule has 0 atom stereocenters. The normalized spacial score (nSPS) is 12.6. The predicted octanol–water partition coefficient (Wildman–Crippen LogP) is 3.65. The number of benzene rings is 1. The van der Waals surface area contributed by atoms with Crippen molar-refractivity contribution in [2.45, 2.75) is 12.6 Å². The highest BCUT2D eigenvalue weighted by Gasteiger charge is 2.27. The molecular weight excluding hydrogens is 249 g/mol. The first kappa shape index (κ1) is 10.6. The van der Waals surface area contributed by atoms with Crippen molar-refractivity contribution in [3.05, 3.63) is 36.2 Å². The summed E-state index contributed by atoms with van der Waals surface area (Å²) in [6.07, 6.45) is -1.57. The van der Waals surface area contributed by atoms with Crippen LogP contribution in [0.4, 0.5) is 13.2 Å². The Balaban J connectivity index is 2.12. The molecule has 3 rings (SSSR count). The maximum atomic E-state index is 12.3. The monoisotopic (exact) mass is 256 g/mol. The van der Waals surface area contributed by atoms with Gasteiger partial charge in [0.2, 0.25) is 0 Å². The largest absolute Gasteiger partial charge is 0.393 e. The Bertz CT molecular complexity index is 681. The molecule has 6 heteroatoms. The Morgan fingerprint density at radius 1 is 1.29 bits per heavy atom. The van der Waals surface area contributed by atoms with E-state index in [4.69, 9.17) is 0 Å². The molecule has 0 N–H and O–H groups in total. The molecule has 2 heterocycles. The van der Waals surface area contributed by atoms with E-state index >= 15 is 0 Å². The highest BCUT2D eigenvalue weighted by molar-refractivity contribution is 7.23. The maximum absolute atomic E-state index is 12.3. The van der Waals surface area contributed by atoms with Gasteiger partial charge in [0.1, 0.15) is 0 Å². The molecule has 0 amide bonds. The molecule has 2 aromatic heterocycles. The average molecular weight is 256 g/mol. The van der Waals surface area contributed by atoms with Crippen LogP contribution >= 0.6 is 11.3 Å². The molecule has 0 radical (unpaired) electrons. The molecular formula is C11H7F3N2S. The molecule has 0 unspecified atom stereocenters. The standard InChI is InChI=1S/C11H7F3N2S/c12-11(13,14)6-7-1-2-8-9(5-7)17-10-15-3-4-16(8)10/h1-5H,6H2. The third-order valence-electron chi connectivity index (χ3n) is 2.50. The number of hydrogen-bond donors (Lipinski definition) is 0. The fourth-order valence-electron chi connectivity index (χ4n) is 1.83. The fourth-order valence-corrected chi connectivity index (χ4v) is 2.88. The van der Waals surface area contributed by atoms with E-state index in [0.717, 1.165) is 15.2 Å². The van der Waals surface area contributed by atoms with Crippen molar-refractivity contribution in [1.29, 1.82) is 0 Å². The third kappa shape index (κ3) is 1.88. The minimum atomic E-state index is -4.16. The zero-order valence-electron chi connectivity index (χ0n) is 8.53. The van der Waals surface area contributed by atoms with E-state index in [9.17, 15) is 13.2 Å². The molecule has 0 fully saturated rings. The number of hydrogen-bond acceptors (Lipinski definition) is 2. The zero-order chi connectivity index (χ0) is 12.0. The smallest absolute Gasteiger partial charge is 0.290 e. The van der Waals surface area contributed by atoms with Crippen LogP contribution in [0.2, 0.25) is 0 Å². The predicted molar refractivity (Wildman–Crippen MR) is 60.3 cm³/mol. The van der Waals surface area contributed by atoms with Crippen molar-refractivity contribution in [3.63, 3.8) is 0 Å². The van der Waals surface area contributed by atoms with Gasteiger partial charge in [-0.3, -0.25) is 4.40 Å². The Labute approximate surface area is 98.3 Å². The molecule has 3 aromatic rings. The van der Waals surface area contributed by atoms with Gasteiger partial charge < -0.3 is 0 Å². The summed E-state index contributed by atoms with van der Waals surface area (Å²) in [5, 5.41) is 0. The summed E-state index contributed by atoms with van der Waals surface area (Å²) in [6.45, 7) is 0. The molecule has 17 heavy (non-hydrogen) atoms. The fraction of sp³-hybridized carbons (Fsp3) is 0.182. The van der Waals surface area contributed by atoms with Crippen molar-refractivity contribution in [3.8, 4) is 0 Å². The van der Waals surface area contributed by atoms with Crippen LogP contribution in [-0.2, 0) is 6.42 Å². The van der Waals surface area contributed by atoms with Crippen LogP contribution in [0.5, 0.6) is 0 Å². The van der Waals surface area contributed by atoms with Crippen LogP contribution < -0.4 is 0 Å². The number of fused-ring (bicyclic) bond motifs is 3. The van der Waals surface area contributed by atoms with Crippen molar-refractivity contribution in [1.82, 2.24) is 9.38 Å². The summed E-state index contributed by atoms with van der Waals surface area (Å²) in [7, 11) is 0. The number of aromatic nitrogens is 2. The van der Waals surface area contributed by atoms with Crippen LogP contribution in [0.25, 0.3) is 15.2 Å². The van der Waals surface area contributed by atoms with Gasteiger partial charge in [0, 0.05) is 12.4 Å². The van der Waals surface area contributed by atoms with Gasteiger partial charge in [0.25, 0.3) is 0 Å². The van der Waals surface area contributed by atoms with Gasteiger partial charge in [-0.2, -0.15) is 13.2 Å². The molecule has 0 saturated heterocycles. The highest BCUT2D eigenvalue weighted by Crippen LogP contribution is 2.28. The van der Waals surface area contributed by atoms with E-state index in [1.807, 2.05) is 4.40 Å². The lowest BCUT2D eigenvalue weighted by Crippen LogP contribution is -2.11. The van der Waals surface area contributed by atoms with E-state index in [0.29, 0.717) is 0 Å². The molecule has 0 spiro atoms. The van der Waals surface area contributed by atoms with Crippen molar-refractivity contribution >= 4 is 26.5 Å². The van der Waals surface area contributed by atoms with E-state index in [-0.39, 0.29) is 5.56 Å². The summed E-state index contributed by atoms with van der Waals surface area (Å²) in [5.41, 5.74) is 1.18. The van der Waals surface area contributed by atoms with Gasteiger partial charge >= 0.3 is 6.18 Å². The van der Waals surface area contributed by atoms with Crippen LogP contribution in [0.15, 0.2) is 30.6 Å². The molecule has 0 aliphatic heterocycles. The van der Waals surface area contributed by atoms with Crippen molar-refractivity contribution in [2.75, 3.05) is 0 Å². The van der Waals surface area contributed by atoms with Crippen molar-refractivity contribution < 1.29 is 13.2 Å². The van der Waals surface area contributed by atoms with Crippen LogP contribution in [-0.4, -0.2) is 15.6 Å². The Morgan fingerprint density at radius 3 is 2.88 bits per heavy atom. The summed E-state index contributed by atoms with van der Waals surface area (Å²) in [5.74, 6) is 0. The van der Waals surface area contributed by atoms with Gasteiger partial charge in [-0.05, 0) is 17.7 Å². The number of thiazole rings is 1. The molecule has 0 saturated carbocycles. The first-order chi connectivity index (χ1) is 8.03. The first-order valence-electron chi connectivity index (χ1n) is 4.94. The van der Waals surface area contributed by atoms with Crippen LogP contribution in [0.3, 0.4) is 0 Å². The Kier molecular flexibility index (Phi) is 2.16.